The summed E-state index contributed by atoms with van der Waals surface area (Å²) in [4.78, 5) is 20.2. The van der Waals surface area contributed by atoms with Crippen molar-refractivity contribution in [3.8, 4) is 11.5 Å². The molecule has 2 aliphatic rings. The molecule has 3 aromatic carbocycles. The molecule has 1 amide bonds. The number of carbonyl (C=O) groups is 1. The van der Waals surface area contributed by atoms with E-state index in [2.05, 4.69) is 80.7 Å². The number of nitrogens with zero attached hydrogens (tertiary/aromatic N) is 2. The van der Waals surface area contributed by atoms with Gasteiger partial charge in [-0.05, 0) is 81.7 Å². The van der Waals surface area contributed by atoms with Gasteiger partial charge in [0.25, 0.3) is 5.91 Å². The Hall–Kier alpha value is -2.69. The fourth-order valence-corrected chi connectivity index (χ4v) is 6.47. The molecule has 5 rings (SSSR count). The maximum atomic E-state index is 13.6. The van der Waals surface area contributed by atoms with Crippen molar-refractivity contribution in [2.24, 2.45) is 4.99 Å². The van der Waals surface area contributed by atoms with Crippen molar-refractivity contribution in [3.63, 3.8) is 0 Å². The van der Waals surface area contributed by atoms with Crippen LogP contribution in [0.3, 0.4) is 0 Å². The number of para-hydroxylation sites is 1. The van der Waals surface area contributed by atoms with E-state index in [1.54, 1.807) is 13.2 Å². The first-order valence-corrected chi connectivity index (χ1v) is 17.2. The van der Waals surface area contributed by atoms with Crippen LogP contribution in [-0.4, -0.2) is 33.6 Å². The van der Waals surface area contributed by atoms with Crippen molar-refractivity contribution in [1.29, 1.82) is 0 Å². The maximum Gasteiger partial charge on any atom is 0.261 e. The first kappa shape index (κ1) is 27.9. The van der Waals surface area contributed by atoms with E-state index in [9.17, 15) is 4.79 Å². The van der Waals surface area contributed by atoms with E-state index in [-0.39, 0.29) is 17.0 Å². The second-order valence-electron chi connectivity index (χ2n) is 11.7. The van der Waals surface area contributed by atoms with Gasteiger partial charge in [-0.25, -0.2) is 0 Å². The summed E-state index contributed by atoms with van der Waals surface area (Å²) in [5.41, 5.74) is 5.38. The van der Waals surface area contributed by atoms with E-state index < -0.39 is 8.32 Å². The Kier molecular flexibility index (Phi) is 7.65. The molecule has 3 aromatic rings. The van der Waals surface area contributed by atoms with E-state index >= 15 is 0 Å². The standard InChI is InChI=1S/C31H35IN2O4Si/c1-31(2,3)39(5,6)38-19-21-11-20(12-23(32)13-21)18-37-29-16-26-25(15-28(29)36-4)30(35)34-24(17-33-26)14-22-9-7-8-10-27(22)34/h7-13,15-17,24H,14,18-19H2,1-6H3/t24-/m0/s1. The van der Waals surface area contributed by atoms with Gasteiger partial charge in [0.15, 0.2) is 19.8 Å². The summed E-state index contributed by atoms with van der Waals surface area (Å²) in [6.07, 6.45) is 2.63. The Morgan fingerprint density at radius 2 is 1.74 bits per heavy atom. The van der Waals surface area contributed by atoms with Gasteiger partial charge in [0.2, 0.25) is 0 Å². The predicted octanol–water partition coefficient (Wildman–Crippen LogP) is 7.69. The lowest BCUT2D eigenvalue weighted by Gasteiger charge is -2.36. The van der Waals surface area contributed by atoms with Crippen molar-refractivity contribution >= 4 is 54.4 Å². The van der Waals surface area contributed by atoms with Crippen LogP contribution in [0, 0.1) is 3.57 Å². The molecule has 8 heteroatoms. The molecule has 0 fully saturated rings. The molecule has 2 heterocycles. The number of rotatable bonds is 7. The van der Waals surface area contributed by atoms with E-state index in [0.717, 1.165) is 32.4 Å². The largest absolute Gasteiger partial charge is 0.493 e. The maximum absolute atomic E-state index is 13.6. The van der Waals surface area contributed by atoms with Crippen LogP contribution in [0.15, 0.2) is 59.6 Å². The number of carbonyl (C=O) groups excluding carboxylic acids is 1. The van der Waals surface area contributed by atoms with E-state index in [1.165, 1.54) is 0 Å². The minimum atomic E-state index is -1.85. The number of anilines is 1. The van der Waals surface area contributed by atoms with Gasteiger partial charge in [-0.1, -0.05) is 45.0 Å². The number of aliphatic imine (C=N–C) groups is 1. The average molecular weight is 655 g/mol. The number of hydrogen-bond donors (Lipinski definition) is 0. The van der Waals surface area contributed by atoms with Crippen LogP contribution in [0.2, 0.25) is 18.1 Å². The zero-order chi connectivity index (χ0) is 27.9. The van der Waals surface area contributed by atoms with Gasteiger partial charge in [0.1, 0.15) is 6.61 Å². The summed E-state index contributed by atoms with van der Waals surface area (Å²) in [6, 6.07) is 17.9. The smallest absolute Gasteiger partial charge is 0.261 e. The van der Waals surface area contributed by atoms with Crippen molar-refractivity contribution in [3.05, 3.63) is 80.4 Å². The fraction of sp³-hybridized carbons (Fsp3) is 0.355. The molecule has 0 spiro atoms. The summed E-state index contributed by atoms with van der Waals surface area (Å²) in [6.45, 7) is 12.2. The Morgan fingerprint density at radius 1 is 1.03 bits per heavy atom. The number of methoxy groups -OCH3 is 1. The van der Waals surface area contributed by atoms with Crippen LogP contribution in [0.4, 0.5) is 11.4 Å². The van der Waals surface area contributed by atoms with Crippen molar-refractivity contribution < 1.29 is 18.7 Å². The lowest BCUT2D eigenvalue weighted by atomic mass is 10.1. The number of hydrogen-bond acceptors (Lipinski definition) is 5. The number of ether oxygens (including phenoxy) is 2. The van der Waals surface area contributed by atoms with Crippen molar-refractivity contribution in [2.75, 3.05) is 12.0 Å². The summed E-state index contributed by atoms with van der Waals surface area (Å²) < 4.78 is 19.5. The van der Waals surface area contributed by atoms with Gasteiger partial charge in [0.05, 0.1) is 31.0 Å². The molecule has 0 saturated carbocycles. The second-order valence-corrected chi connectivity index (χ2v) is 17.7. The lowest BCUT2D eigenvalue weighted by molar-refractivity contribution is 0.0986. The highest BCUT2D eigenvalue weighted by Gasteiger charge is 2.38. The van der Waals surface area contributed by atoms with Crippen LogP contribution < -0.4 is 14.4 Å². The van der Waals surface area contributed by atoms with Crippen LogP contribution in [0.25, 0.3) is 0 Å². The molecule has 204 valence electrons. The van der Waals surface area contributed by atoms with E-state index in [0.29, 0.717) is 36.0 Å². The number of fused-ring (bicyclic) bond motifs is 4. The summed E-state index contributed by atoms with van der Waals surface area (Å²) in [5.74, 6) is 0.989. The molecule has 6 nitrogen and oxygen atoms in total. The third-order valence-corrected chi connectivity index (χ3v) is 13.0. The minimum Gasteiger partial charge on any atom is -0.493 e. The van der Waals surface area contributed by atoms with E-state index in [1.807, 2.05) is 35.4 Å². The second kappa shape index (κ2) is 10.7. The first-order chi connectivity index (χ1) is 18.5. The molecule has 0 N–H and O–H groups in total. The van der Waals surface area contributed by atoms with Crippen LogP contribution >= 0.6 is 22.6 Å². The first-order valence-electron chi connectivity index (χ1n) is 13.2. The van der Waals surface area contributed by atoms with Crippen LogP contribution in [0.1, 0.15) is 47.8 Å². The highest BCUT2D eigenvalue weighted by molar-refractivity contribution is 14.1. The molecule has 0 aliphatic carbocycles. The monoisotopic (exact) mass is 654 g/mol. The zero-order valence-electron chi connectivity index (χ0n) is 23.4. The summed E-state index contributed by atoms with van der Waals surface area (Å²) in [5, 5.41) is 0.158. The molecule has 0 unspecified atom stereocenters. The summed E-state index contributed by atoms with van der Waals surface area (Å²) >= 11 is 2.34. The minimum absolute atomic E-state index is 0.0775. The van der Waals surface area contributed by atoms with Crippen LogP contribution in [0.5, 0.6) is 11.5 Å². The predicted molar refractivity (Wildman–Crippen MR) is 167 cm³/mol. The number of halogens is 1. The molecule has 0 saturated heterocycles. The molecule has 0 radical (unpaired) electrons. The zero-order valence-corrected chi connectivity index (χ0v) is 26.5. The molecular formula is C31H35IN2O4Si. The highest BCUT2D eigenvalue weighted by atomic mass is 127. The fourth-order valence-electron chi connectivity index (χ4n) is 4.71. The lowest BCUT2D eigenvalue weighted by Crippen LogP contribution is -2.40. The van der Waals surface area contributed by atoms with Gasteiger partial charge < -0.3 is 13.9 Å². The van der Waals surface area contributed by atoms with Crippen molar-refractivity contribution in [2.45, 2.75) is 64.6 Å². The van der Waals surface area contributed by atoms with Crippen LogP contribution in [-0.2, 0) is 24.1 Å². The Balaban J connectivity index is 1.36. The molecule has 1 atom stereocenters. The molecule has 0 aromatic heterocycles. The highest BCUT2D eigenvalue weighted by Crippen LogP contribution is 2.41. The third kappa shape index (κ3) is 5.64. The number of benzene rings is 3. The molecular weight excluding hydrogens is 619 g/mol. The Labute approximate surface area is 245 Å². The van der Waals surface area contributed by atoms with E-state index in [4.69, 9.17) is 18.9 Å². The Bertz CT molecular complexity index is 1450. The SMILES string of the molecule is COc1cc2c(cc1OCc1cc(I)cc(CO[Si](C)(C)C(C)(C)C)c1)N=C[C@@H]1Cc3ccccc3N1C2=O. The van der Waals surface area contributed by atoms with Gasteiger partial charge in [-0.15, -0.1) is 0 Å². The number of amides is 1. The van der Waals surface area contributed by atoms with Crippen molar-refractivity contribution in [1.82, 2.24) is 0 Å². The average Bonchev–Trinajstić information content (AvgIpc) is 3.20. The van der Waals surface area contributed by atoms with Gasteiger partial charge in [-0.2, -0.15) is 0 Å². The van der Waals surface area contributed by atoms with Gasteiger partial charge in [0, 0.05) is 28.0 Å². The van der Waals surface area contributed by atoms with Gasteiger partial charge >= 0.3 is 0 Å². The topological polar surface area (TPSA) is 60.4 Å². The molecule has 0 bridgehead atoms. The summed E-state index contributed by atoms with van der Waals surface area (Å²) in [7, 11) is -0.261. The quantitative estimate of drug-likeness (QED) is 0.194. The van der Waals surface area contributed by atoms with Gasteiger partial charge in [-0.3, -0.25) is 14.7 Å². The Morgan fingerprint density at radius 3 is 2.46 bits per heavy atom. The normalized spacial score (nSPS) is 16.4. The molecule has 2 aliphatic heterocycles. The molecule has 39 heavy (non-hydrogen) atoms. The third-order valence-electron chi connectivity index (χ3n) is 7.95.